The van der Waals surface area contributed by atoms with Gasteiger partial charge in [-0.05, 0) is 55.0 Å². The van der Waals surface area contributed by atoms with Crippen LogP contribution in [0.5, 0.6) is 5.75 Å². The number of thiazole rings is 1. The summed E-state index contributed by atoms with van der Waals surface area (Å²) in [5.74, 6) is 0.415. The number of carbonyl (C=O) groups excluding carboxylic acids is 1. The molecule has 7 nitrogen and oxygen atoms in total. The topological polar surface area (TPSA) is 88.6 Å². The van der Waals surface area contributed by atoms with Gasteiger partial charge in [0.1, 0.15) is 5.75 Å². The van der Waals surface area contributed by atoms with Gasteiger partial charge in [-0.25, -0.2) is 13.4 Å². The fourth-order valence-corrected chi connectivity index (χ4v) is 5.31. The molecule has 0 fully saturated rings. The van der Waals surface area contributed by atoms with Crippen molar-refractivity contribution in [3.8, 4) is 17.0 Å². The molecule has 2 aromatic carbocycles. The molecule has 0 radical (unpaired) electrons. The van der Waals surface area contributed by atoms with Crippen LogP contribution in [0.4, 0.5) is 5.13 Å². The average Bonchev–Trinajstić information content (AvgIpc) is 3.28. The van der Waals surface area contributed by atoms with Gasteiger partial charge in [0, 0.05) is 29.6 Å². The lowest BCUT2D eigenvalue weighted by Gasteiger charge is -2.20. The van der Waals surface area contributed by atoms with E-state index < -0.39 is 10.0 Å². The standard InChI is InChI=1S/C23H27N3O4S2/c1-4-6-15-26(5-2)32(28,29)20-13-9-18(10-14-20)22(27)25-23-24-21(16-31-23)17-7-11-19(30-3)12-8-17/h7-14,16H,4-6,15H2,1-3H3,(H,24,25,27). The second-order valence-corrected chi connectivity index (χ2v) is 9.89. The molecule has 0 spiro atoms. The lowest BCUT2D eigenvalue weighted by molar-refractivity contribution is 0.102. The van der Waals surface area contributed by atoms with Crippen molar-refractivity contribution >= 4 is 32.4 Å². The van der Waals surface area contributed by atoms with E-state index in [0.717, 1.165) is 29.8 Å². The van der Waals surface area contributed by atoms with E-state index in [4.69, 9.17) is 4.74 Å². The van der Waals surface area contributed by atoms with Crippen molar-refractivity contribution < 1.29 is 17.9 Å². The summed E-state index contributed by atoms with van der Waals surface area (Å²) in [5.41, 5.74) is 2.03. The fraction of sp³-hybridized carbons (Fsp3) is 0.304. The van der Waals surface area contributed by atoms with E-state index in [1.807, 2.05) is 43.5 Å². The Hall–Kier alpha value is -2.75. The van der Waals surface area contributed by atoms with E-state index in [9.17, 15) is 13.2 Å². The number of rotatable bonds is 10. The predicted octanol–water partition coefficient (Wildman–Crippen LogP) is 4.88. The van der Waals surface area contributed by atoms with Crippen LogP contribution in [0.1, 0.15) is 37.0 Å². The zero-order valence-corrected chi connectivity index (χ0v) is 20.0. The summed E-state index contributed by atoms with van der Waals surface area (Å²) in [6.45, 7) is 4.74. The molecule has 0 aliphatic rings. The third kappa shape index (κ3) is 5.53. The van der Waals surface area contributed by atoms with Crippen LogP contribution >= 0.6 is 11.3 Å². The molecule has 0 unspecified atom stereocenters. The van der Waals surface area contributed by atoms with Crippen LogP contribution in [-0.2, 0) is 10.0 Å². The normalized spacial score (nSPS) is 11.5. The van der Waals surface area contributed by atoms with Gasteiger partial charge in [-0.3, -0.25) is 10.1 Å². The zero-order chi connectivity index (χ0) is 23.1. The minimum absolute atomic E-state index is 0.183. The van der Waals surface area contributed by atoms with Gasteiger partial charge in [-0.15, -0.1) is 11.3 Å². The molecule has 1 heterocycles. The molecule has 170 valence electrons. The quantitative estimate of drug-likeness (QED) is 0.453. The second-order valence-electron chi connectivity index (χ2n) is 7.10. The Morgan fingerprint density at radius 2 is 1.78 bits per heavy atom. The number of benzene rings is 2. The SMILES string of the molecule is CCCCN(CC)S(=O)(=O)c1ccc(C(=O)Nc2nc(-c3ccc(OC)cc3)cs2)cc1. The third-order valence-electron chi connectivity index (χ3n) is 4.98. The number of ether oxygens (including phenoxy) is 1. The number of methoxy groups -OCH3 is 1. The molecule has 0 aliphatic carbocycles. The zero-order valence-electron chi connectivity index (χ0n) is 18.4. The van der Waals surface area contributed by atoms with Gasteiger partial charge in [-0.1, -0.05) is 20.3 Å². The van der Waals surface area contributed by atoms with E-state index in [-0.39, 0.29) is 10.8 Å². The van der Waals surface area contributed by atoms with Crippen molar-refractivity contribution in [2.75, 3.05) is 25.5 Å². The Bertz CT molecular complexity index is 1140. The molecule has 0 atom stereocenters. The highest BCUT2D eigenvalue weighted by atomic mass is 32.2. The maximum absolute atomic E-state index is 12.8. The number of aromatic nitrogens is 1. The summed E-state index contributed by atoms with van der Waals surface area (Å²) >= 11 is 1.32. The van der Waals surface area contributed by atoms with Gasteiger partial charge >= 0.3 is 0 Å². The Balaban J connectivity index is 1.69. The largest absolute Gasteiger partial charge is 0.497 e. The van der Waals surface area contributed by atoms with E-state index >= 15 is 0 Å². The molecular weight excluding hydrogens is 446 g/mol. The first kappa shape index (κ1) is 23.9. The highest BCUT2D eigenvalue weighted by molar-refractivity contribution is 7.89. The van der Waals surface area contributed by atoms with Gasteiger partial charge < -0.3 is 4.74 Å². The second kappa shape index (κ2) is 10.7. The molecule has 3 rings (SSSR count). The number of nitrogens with zero attached hydrogens (tertiary/aromatic N) is 2. The van der Waals surface area contributed by atoms with E-state index in [0.29, 0.717) is 23.8 Å². The molecular formula is C23H27N3O4S2. The third-order valence-corrected chi connectivity index (χ3v) is 7.72. The Morgan fingerprint density at radius 1 is 1.09 bits per heavy atom. The first-order valence-corrected chi connectivity index (χ1v) is 12.7. The first-order chi connectivity index (χ1) is 15.4. The number of amides is 1. The average molecular weight is 474 g/mol. The number of sulfonamides is 1. The first-order valence-electron chi connectivity index (χ1n) is 10.4. The Labute approximate surface area is 193 Å². The molecule has 1 aromatic heterocycles. The predicted molar refractivity (Wildman–Crippen MR) is 128 cm³/mol. The van der Waals surface area contributed by atoms with Crippen molar-refractivity contribution in [3.63, 3.8) is 0 Å². The summed E-state index contributed by atoms with van der Waals surface area (Å²) < 4.78 is 32.3. The number of unbranched alkanes of at least 4 members (excludes halogenated alkanes) is 1. The molecule has 0 saturated carbocycles. The summed E-state index contributed by atoms with van der Waals surface area (Å²) in [4.78, 5) is 17.3. The lowest BCUT2D eigenvalue weighted by Crippen LogP contribution is -2.31. The highest BCUT2D eigenvalue weighted by Gasteiger charge is 2.22. The number of anilines is 1. The van der Waals surface area contributed by atoms with Crippen molar-refractivity contribution in [1.82, 2.24) is 9.29 Å². The van der Waals surface area contributed by atoms with Crippen LogP contribution in [0, 0.1) is 0 Å². The number of hydrogen-bond donors (Lipinski definition) is 1. The molecule has 3 aromatic rings. The highest BCUT2D eigenvalue weighted by Crippen LogP contribution is 2.27. The van der Waals surface area contributed by atoms with E-state index in [1.165, 1.54) is 39.9 Å². The van der Waals surface area contributed by atoms with Gasteiger partial charge in [0.2, 0.25) is 10.0 Å². The Kier molecular flexibility index (Phi) is 8.00. The smallest absolute Gasteiger partial charge is 0.257 e. The maximum Gasteiger partial charge on any atom is 0.257 e. The van der Waals surface area contributed by atoms with E-state index in [2.05, 4.69) is 10.3 Å². The van der Waals surface area contributed by atoms with Crippen LogP contribution < -0.4 is 10.1 Å². The number of nitrogens with one attached hydrogen (secondary N) is 1. The maximum atomic E-state index is 12.8. The molecule has 0 saturated heterocycles. The van der Waals surface area contributed by atoms with Crippen molar-refractivity contribution in [1.29, 1.82) is 0 Å². The lowest BCUT2D eigenvalue weighted by atomic mass is 10.2. The number of carbonyl (C=O) groups is 1. The monoisotopic (exact) mass is 473 g/mol. The molecule has 9 heteroatoms. The van der Waals surface area contributed by atoms with Crippen molar-refractivity contribution in [3.05, 3.63) is 59.5 Å². The minimum Gasteiger partial charge on any atom is -0.497 e. The van der Waals surface area contributed by atoms with Gasteiger partial charge in [0.05, 0.1) is 17.7 Å². The van der Waals surface area contributed by atoms with Crippen molar-refractivity contribution in [2.24, 2.45) is 0 Å². The van der Waals surface area contributed by atoms with Crippen LogP contribution in [0.25, 0.3) is 11.3 Å². The van der Waals surface area contributed by atoms with Gasteiger partial charge in [-0.2, -0.15) is 4.31 Å². The van der Waals surface area contributed by atoms with Crippen molar-refractivity contribution in [2.45, 2.75) is 31.6 Å². The van der Waals surface area contributed by atoms with Gasteiger partial charge in [0.25, 0.3) is 5.91 Å². The minimum atomic E-state index is -3.57. The Morgan fingerprint density at radius 3 is 2.38 bits per heavy atom. The van der Waals surface area contributed by atoms with Crippen LogP contribution in [0.15, 0.2) is 58.8 Å². The van der Waals surface area contributed by atoms with Crippen LogP contribution in [0.3, 0.4) is 0 Å². The van der Waals surface area contributed by atoms with Crippen LogP contribution in [0.2, 0.25) is 0 Å². The fourth-order valence-electron chi connectivity index (χ4n) is 3.10. The summed E-state index contributed by atoms with van der Waals surface area (Å²) in [7, 11) is -1.96. The molecule has 0 bridgehead atoms. The van der Waals surface area contributed by atoms with E-state index in [1.54, 1.807) is 7.11 Å². The summed E-state index contributed by atoms with van der Waals surface area (Å²) in [5, 5.41) is 5.11. The molecule has 1 amide bonds. The number of hydrogen-bond acceptors (Lipinski definition) is 6. The van der Waals surface area contributed by atoms with Gasteiger partial charge in [0.15, 0.2) is 5.13 Å². The van der Waals surface area contributed by atoms with Crippen LogP contribution in [-0.4, -0.2) is 43.8 Å². The molecule has 1 N–H and O–H groups in total. The molecule has 32 heavy (non-hydrogen) atoms. The summed E-state index contributed by atoms with van der Waals surface area (Å²) in [6, 6.07) is 13.5. The summed E-state index contributed by atoms with van der Waals surface area (Å²) in [6.07, 6.45) is 1.72. The molecule has 0 aliphatic heterocycles.